The highest BCUT2D eigenvalue weighted by atomic mass is 19.1. The molecule has 114 valence electrons. The van der Waals surface area contributed by atoms with Crippen LogP contribution in [-0.4, -0.2) is 39.7 Å². The fourth-order valence-electron chi connectivity index (χ4n) is 3.78. The zero-order valence-corrected chi connectivity index (χ0v) is 11.8. The molecule has 1 aromatic rings. The highest BCUT2D eigenvalue weighted by molar-refractivity contribution is 5.97. The van der Waals surface area contributed by atoms with E-state index in [1.54, 1.807) is 4.90 Å². The van der Waals surface area contributed by atoms with Crippen LogP contribution >= 0.6 is 0 Å². The van der Waals surface area contributed by atoms with Crippen LogP contribution in [0.25, 0.3) is 0 Å². The van der Waals surface area contributed by atoms with E-state index in [-0.39, 0.29) is 29.4 Å². The Bertz CT molecular complexity index is 528. The van der Waals surface area contributed by atoms with Gasteiger partial charge >= 0.3 is 0 Å². The molecule has 1 aliphatic carbocycles. The van der Waals surface area contributed by atoms with Crippen LogP contribution in [0.1, 0.15) is 42.5 Å². The van der Waals surface area contributed by atoms with Crippen LogP contribution in [0.15, 0.2) is 18.2 Å². The van der Waals surface area contributed by atoms with Crippen molar-refractivity contribution >= 4 is 5.91 Å². The van der Waals surface area contributed by atoms with Gasteiger partial charge in [0.1, 0.15) is 17.1 Å². The number of amides is 1. The van der Waals surface area contributed by atoms with Crippen molar-refractivity contribution in [2.45, 2.75) is 44.2 Å². The van der Waals surface area contributed by atoms with Crippen molar-refractivity contribution in [3.05, 3.63) is 29.6 Å². The minimum Gasteiger partial charge on any atom is -0.507 e. The van der Waals surface area contributed by atoms with E-state index in [1.807, 2.05) is 0 Å². The van der Waals surface area contributed by atoms with Crippen molar-refractivity contribution in [1.82, 2.24) is 4.90 Å². The predicted molar refractivity (Wildman–Crippen MR) is 75.5 cm³/mol. The Morgan fingerprint density at radius 1 is 1.24 bits per heavy atom. The number of nitrogens with zero attached hydrogens (tertiary/aromatic N) is 1. The summed E-state index contributed by atoms with van der Waals surface area (Å²) in [7, 11) is 0. The van der Waals surface area contributed by atoms with E-state index in [2.05, 4.69) is 0 Å². The Hall–Kier alpha value is -1.62. The lowest BCUT2D eigenvalue weighted by molar-refractivity contribution is 0.0522. The predicted octanol–water partition coefficient (Wildman–Crippen LogP) is 2.30. The maximum Gasteiger partial charge on any atom is 0.260 e. The first-order valence-corrected chi connectivity index (χ1v) is 7.56. The number of carbonyl (C=O) groups excluding carboxylic acids is 1. The molecule has 0 bridgehead atoms. The summed E-state index contributed by atoms with van der Waals surface area (Å²) in [6.45, 7) is 0.556. The van der Waals surface area contributed by atoms with Gasteiger partial charge in [0.15, 0.2) is 0 Å². The van der Waals surface area contributed by atoms with Gasteiger partial charge in [-0.25, -0.2) is 4.39 Å². The van der Waals surface area contributed by atoms with E-state index in [0.29, 0.717) is 6.54 Å². The van der Waals surface area contributed by atoms with E-state index < -0.39 is 11.7 Å². The number of phenolic OH excluding ortho intramolecular Hbond substituents is 1. The molecule has 1 aromatic carbocycles. The standard InChI is InChI=1S/C16H20FNO3/c17-11-5-2-8-14(20)15(11)16(21)18-9-3-6-12(18)10-4-1-7-13(10)19/h2,5,8,10,12-13,19-20H,1,3-4,6-7,9H2. The minimum absolute atomic E-state index is 0.0472. The molecule has 2 N–H and O–H groups in total. The summed E-state index contributed by atoms with van der Waals surface area (Å²) in [6.07, 6.45) is 3.96. The maximum absolute atomic E-state index is 13.9. The van der Waals surface area contributed by atoms with Crippen LogP contribution in [0.5, 0.6) is 5.75 Å². The molecule has 1 aliphatic heterocycles. The van der Waals surface area contributed by atoms with Crippen molar-refractivity contribution < 1.29 is 19.4 Å². The number of phenols is 1. The van der Waals surface area contributed by atoms with Gasteiger partial charge in [0.2, 0.25) is 0 Å². The second-order valence-electron chi connectivity index (χ2n) is 6.00. The first-order chi connectivity index (χ1) is 10.1. The molecule has 2 fully saturated rings. The van der Waals surface area contributed by atoms with Crippen LogP contribution in [-0.2, 0) is 0 Å². The third-order valence-electron chi connectivity index (χ3n) is 4.79. The molecule has 1 amide bonds. The van der Waals surface area contributed by atoms with Crippen molar-refractivity contribution in [2.24, 2.45) is 5.92 Å². The first kappa shape index (κ1) is 14.3. The largest absolute Gasteiger partial charge is 0.507 e. The number of hydrogen-bond donors (Lipinski definition) is 2. The highest BCUT2D eigenvalue weighted by Crippen LogP contribution is 2.37. The van der Waals surface area contributed by atoms with Gasteiger partial charge in [0, 0.05) is 18.5 Å². The summed E-state index contributed by atoms with van der Waals surface area (Å²) in [4.78, 5) is 14.2. The fraction of sp³-hybridized carbons (Fsp3) is 0.562. The summed E-state index contributed by atoms with van der Waals surface area (Å²) < 4.78 is 13.9. The van der Waals surface area contributed by atoms with Crippen molar-refractivity contribution in [2.75, 3.05) is 6.54 Å². The van der Waals surface area contributed by atoms with Crippen molar-refractivity contribution in [3.63, 3.8) is 0 Å². The highest BCUT2D eigenvalue weighted by Gasteiger charge is 2.41. The molecular formula is C16H20FNO3. The van der Waals surface area contributed by atoms with Gasteiger partial charge in [0.25, 0.3) is 5.91 Å². The average molecular weight is 293 g/mol. The lowest BCUT2D eigenvalue weighted by atomic mass is 9.93. The summed E-state index contributed by atoms with van der Waals surface area (Å²) >= 11 is 0. The van der Waals surface area contributed by atoms with E-state index in [4.69, 9.17) is 0 Å². The van der Waals surface area contributed by atoms with E-state index >= 15 is 0 Å². The molecule has 3 unspecified atom stereocenters. The summed E-state index contributed by atoms with van der Waals surface area (Å²) in [6, 6.07) is 3.84. The van der Waals surface area contributed by atoms with Crippen molar-refractivity contribution in [3.8, 4) is 5.75 Å². The number of likely N-dealkylation sites (tertiary alicyclic amines) is 1. The second kappa shape index (κ2) is 5.64. The number of halogens is 1. The number of rotatable bonds is 2. The SMILES string of the molecule is O=C(c1c(O)cccc1F)N1CCCC1C1CCCC1O. The molecule has 0 radical (unpaired) electrons. The Balaban J connectivity index is 1.86. The molecule has 3 rings (SSSR count). The lowest BCUT2D eigenvalue weighted by Crippen LogP contribution is -2.42. The molecule has 1 saturated carbocycles. The first-order valence-electron chi connectivity index (χ1n) is 7.56. The zero-order valence-electron chi connectivity index (χ0n) is 11.8. The van der Waals surface area contributed by atoms with Gasteiger partial charge in [-0.2, -0.15) is 0 Å². The molecule has 0 spiro atoms. The smallest absolute Gasteiger partial charge is 0.260 e. The van der Waals surface area contributed by atoms with E-state index in [0.717, 1.165) is 32.1 Å². The van der Waals surface area contributed by atoms with Crippen molar-refractivity contribution in [1.29, 1.82) is 0 Å². The van der Waals surface area contributed by atoms with Crippen LogP contribution in [0.4, 0.5) is 4.39 Å². The van der Waals surface area contributed by atoms with Gasteiger partial charge in [-0.05, 0) is 37.8 Å². The number of benzene rings is 1. The number of hydrogen-bond acceptors (Lipinski definition) is 3. The molecule has 1 saturated heterocycles. The summed E-state index contributed by atoms with van der Waals surface area (Å²) in [5, 5.41) is 19.9. The number of aliphatic hydroxyl groups excluding tert-OH is 1. The Kier molecular flexibility index (Phi) is 3.85. The number of carbonyl (C=O) groups is 1. The average Bonchev–Trinajstić information content (AvgIpc) is 3.06. The fourth-order valence-corrected chi connectivity index (χ4v) is 3.78. The van der Waals surface area contributed by atoms with Gasteiger partial charge in [0.05, 0.1) is 6.10 Å². The third kappa shape index (κ3) is 2.50. The summed E-state index contributed by atoms with van der Waals surface area (Å²) in [5.74, 6) is -1.41. The van der Waals surface area contributed by atoms with Crippen LogP contribution < -0.4 is 0 Å². The van der Waals surface area contributed by atoms with Crippen LogP contribution in [0, 0.1) is 11.7 Å². The molecule has 5 heteroatoms. The quantitative estimate of drug-likeness (QED) is 0.879. The Morgan fingerprint density at radius 3 is 2.71 bits per heavy atom. The molecular weight excluding hydrogens is 273 g/mol. The van der Waals surface area contributed by atoms with Gasteiger partial charge in [-0.1, -0.05) is 12.5 Å². The lowest BCUT2D eigenvalue weighted by Gasteiger charge is -2.31. The Morgan fingerprint density at radius 2 is 2.05 bits per heavy atom. The van der Waals surface area contributed by atoms with Gasteiger partial charge < -0.3 is 15.1 Å². The number of aliphatic hydroxyl groups is 1. The van der Waals surface area contributed by atoms with Crippen LogP contribution in [0.3, 0.4) is 0 Å². The topological polar surface area (TPSA) is 60.8 Å². The normalized spacial score (nSPS) is 29.0. The van der Waals surface area contributed by atoms with Crippen LogP contribution in [0.2, 0.25) is 0 Å². The molecule has 1 heterocycles. The third-order valence-corrected chi connectivity index (χ3v) is 4.79. The molecule has 3 atom stereocenters. The van der Waals surface area contributed by atoms with E-state index in [1.165, 1.54) is 18.2 Å². The number of aromatic hydroxyl groups is 1. The molecule has 2 aliphatic rings. The van der Waals surface area contributed by atoms with E-state index in [9.17, 15) is 19.4 Å². The van der Waals surface area contributed by atoms with Gasteiger partial charge in [-0.3, -0.25) is 4.79 Å². The molecule has 0 aromatic heterocycles. The summed E-state index contributed by atoms with van der Waals surface area (Å²) in [5.41, 5.74) is -0.253. The molecule has 21 heavy (non-hydrogen) atoms. The monoisotopic (exact) mass is 293 g/mol. The minimum atomic E-state index is -0.697. The molecule has 4 nitrogen and oxygen atoms in total. The maximum atomic E-state index is 13.9. The second-order valence-corrected chi connectivity index (χ2v) is 6.00. The zero-order chi connectivity index (χ0) is 15.0. The Labute approximate surface area is 123 Å². The van der Waals surface area contributed by atoms with Gasteiger partial charge in [-0.15, -0.1) is 0 Å².